The van der Waals surface area contributed by atoms with Crippen LogP contribution in [0.5, 0.6) is 0 Å². The molecule has 0 bridgehead atoms. The van der Waals surface area contributed by atoms with Crippen molar-refractivity contribution in [2.75, 3.05) is 47.5 Å². The fourth-order valence-corrected chi connectivity index (χ4v) is 8.36. The number of phosphoric ester groups is 1. The highest BCUT2D eigenvalue weighted by Crippen LogP contribution is 2.38. The number of allylic oxidation sites excluding steroid dienone is 16. The number of likely N-dealkylation sites (N-methyl/N-ethyl adjacent to an activating group) is 1. The monoisotopic (exact) mass is 1030 g/mol. The molecule has 0 amide bonds. The fraction of sp³-hybridized carbons (Fsp3) is 0.710. The molecular weight excluding hydrogens is 918 g/mol. The number of nitrogens with zero attached hydrogens (tertiary/aromatic N) is 1. The minimum atomic E-state index is -4.65. The van der Waals surface area contributed by atoms with Gasteiger partial charge in [-0.05, 0) is 96.3 Å². The molecule has 0 fully saturated rings. The van der Waals surface area contributed by atoms with Gasteiger partial charge in [0.25, 0.3) is 7.82 Å². The number of hydrogen-bond acceptors (Lipinski definition) is 8. The first kappa shape index (κ1) is 68.9. The van der Waals surface area contributed by atoms with E-state index in [-0.39, 0.29) is 26.1 Å². The quantitative estimate of drug-likeness (QED) is 0.0195. The van der Waals surface area contributed by atoms with Gasteiger partial charge in [-0.3, -0.25) is 14.2 Å². The van der Waals surface area contributed by atoms with E-state index in [1.54, 1.807) is 0 Å². The van der Waals surface area contributed by atoms with Crippen LogP contribution in [0.4, 0.5) is 0 Å². The van der Waals surface area contributed by atoms with E-state index in [2.05, 4.69) is 111 Å². The molecular formula is C62H108NO8P. The first-order chi connectivity index (χ1) is 35.0. The van der Waals surface area contributed by atoms with Gasteiger partial charge in [0.15, 0.2) is 6.10 Å². The van der Waals surface area contributed by atoms with Gasteiger partial charge in [-0.15, -0.1) is 0 Å². The molecule has 2 unspecified atom stereocenters. The van der Waals surface area contributed by atoms with Crippen molar-refractivity contribution in [1.82, 2.24) is 0 Å². The van der Waals surface area contributed by atoms with Crippen molar-refractivity contribution in [3.8, 4) is 0 Å². The number of carbonyl (C=O) groups is 2. The molecule has 0 heterocycles. The van der Waals surface area contributed by atoms with E-state index in [9.17, 15) is 19.0 Å². The van der Waals surface area contributed by atoms with Crippen molar-refractivity contribution in [2.24, 2.45) is 0 Å². The Morgan fingerprint density at radius 1 is 0.444 bits per heavy atom. The topological polar surface area (TPSA) is 111 Å². The molecule has 0 saturated carbocycles. The lowest BCUT2D eigenvalue weighted by Gasteiger charge is -2.28. The molecule has 0 aliphatic rings. The van der Waals surface area contributed by atoms with Gasteiger partial charge in [0.05, 0.1) is 27.7 Å². The molecule has 72 heavy (non-hydrogen) atoms. The van der Waals surface area contributed by atoms with E-state index in [1.807, 2.05) is 21.1 Å². The Morgan fingerprint density at radius 2 is 0.792 bits per heavy atom. The predicted octanol–water partition coefficient (Wildman–Crippen LogP) is 17.4. The Hall–Kier alpha value is -3.07. The first-order valence-corrected chi connectivity index (χ1v) is 30.4. The van der Waals surface area contributed by atoms with E-state index in [4.69, 9.17) is 18.5 Å². The van der Waals surface area contributed by atoms with Crippen LogP contribution >= 0.6 is 7.82 Å². The van der Waals surface area contributed by atoms with Crippen LogP contribution in [0.2, 0.25) is 0 Å². The zero-order valence-electron chi connectivity index (χ0n) is 46.8. The maximum absolute atomic E-state index is 12.8. The minimum absolute atomic E-state index is 0.0383. The molecule has 0 spiro atoms. The van der Waals surface area contributed by atoms with Crippen molar-refractivity contribution in [3.63, 3.8) is 0 Å². The van der Waals surface area contributed by atoms with Crippen LogP contribution in [0.25, 0.3) is 0 Å². The number of rotatable bonds is 52. The average Bonchev–Trinajstić information content (AvgIpc) is 3.34. The van der Waals surface area contributed by atoms with Gasteiger partial charge in [-0.25, -0.2) is 0 Å². The molecule has 10 heteroatoms. The van der Waals surface area contributed by atoms with E-state index in [0.717, 1.165) is 109 Å². The van der Waals surface area contributed by atoms with Gasteiger partial charge < -0.3 is 27.9 Å². The molecule has 0 aromatic heterocycles. The number of hydrogen-bond donors (Lipinski definition) is 0. The molecule has 0 aromatic carbocycles. The second-order valence-corrected chi connectivity index (χ2v) is 21.7. The number of unbranched alkanes of at least 4 members (excludes halogenated alkanes) is 22. The summed E-state index contributed by atoms with van der Waals surface area (Å²) >= 11 is 0. The fourth-order valence-electron chi connectivity index (χ4n) is 7.63. The van der Waals surface area contributed by atoms with E-state index in [1.165, 1.54) is 83.5 Å². The Labute approximate surface area is 443 Å². The number of esters is 2. The second kappa shape index (κ2) is 52.8. The van der Waals surface area contributed by atoms with Crippen molar-refractivity contribution in [2.45, 2.75) is 238 Å². The maximum atomic E-state index is 12.8. The van der Waals surface area contributed by atoms with Crippen LogP contribution < -0.4 is 4.89 Å². The van der Waals surface area contributed by atoms with Crippen LogP contribution in [0.15, 0.2) is 97.2 Å². The van der Waals surface area contributed by atoms with Crippen LogP contribution in [0.1, 0.15) is 232 Å². The zero-order chi connectivity index (χ0) is 52.7. The van der Waals surface area contributed by atoms with Gasteiger partial charge in [-0.2, -0.15) is 0 Å². The molecule has 0 aliphatic heterocycles. The van der Waals surface area contributed by atoms with Crippen molar-refractivity contribution in [3.05, 3.63) is 97.2 Å². The van der Waals surface area contributed by atoms with Crippen LogP contribution in [-0.2, 0) is 32.7 Å². The third-order valence-electron chi connectivity index (χ3n) is 12.1. The molecule has 2 atom stereocenters. The molecule has 0 rings (SSSR count). The summed E-state index contributed by atoms with van der Waals surface area (Å²) < 4.78 is 34.1. The Bertz CT molecular complexity index is 1540. The lowest BCUT2D eigenvalue weighted by atomic mass is 10.0. The summed E-state index contributed by atoms with van der Waals surface area (Å²) in [6.45, 7) is 4.10. The summed E-state index contributed by atoms with van der Waals surface area (Å²) in [5.74, 6) is -0.854. The molecule has 0 radical (unpaired) electrons. The summed E-state index contributed by atoms with van der Waals surface area (Å²) in [6, 6.07) is 0. The van der Waals surface area contributed by atoms with Gasteiger partial charge in [-0.1, -0.05) is 220 Å². The summed E-state index contributed by atoms with van der Waals surface area (Å²) in [5, 5.41) is 0. The number of ether oxygens (including phenoxy) is 2. The highest BCUT2D eigenvalue weighted by Gasteiger charge is 2.21. The van der Waals surface area contributed by atoms with Gasteiger partial charge in [0.1, 0.15) is 19.8 Å². The molecule has 0 aromatic rings. The average molecular weight is 1030 g/mol. The maximum Gasteiger partial charge on any atom is 0.306 e. The second-order valence-electron chi connectivity index (χ2n) is 20.3. The zero-order valence-corrected chi connectivity index (χ0v) is 47.7. The van der Waals surface area contributed by atoms with Gasteiger partial charge >= 0.3 is 11.9 Å². The number of carbonyl (C=O) groups excluding carboxylic acids is 2. The molecule has 9 nitrogen and oxygen atoms in total. The van der Waals surface area contributed by atoms with Crippen molar-refractivity contribution >= 4 is 19.8 Å². The van der Waals surface area contributed by atoms with Crippen LogP contribution in [0, 0.1) is 0 Å². The van der Waals surface area contributed by atoms with E-state index in [0.29, 0.717) is 23.9 Å². The number of quaternary nitrogens is 1. The Balaban J connectivity index is 4.22. The molecule has 0 saturated heterocycles. The van der Waals surface area contributed by atoms with Crippen LogP contribution in [-0.4, -0.2) is 70.0 Å². The highest BCUT2D eigenvalue weighted by atomic mass is 31.2. The van der Waals surface area contributed by atoms with Crippen molar-refractivity contribution < 1.29 is 42.1 Å². The van der Waals surface area contributed by atoms with Crippen molar-refractivity contribution in [1.29, 1.82) is 0 Å². The Morgan fingerprint density at radius 3 is 1.18 bits per heavy atom. The lowest BCUT2D eigenvalue weighted by molar-refractivity contribution is -0.870. The molecule has 0 N–H and O–H groups in total. The normalized spacial score (nSPS) is 14.0. The predicted molar refractivity (Wildman–Crippen MR) is 305 cm³/mol. The standard InChI is InChI=1S/C62H108NO8P/c1-6-8-10-12-14-16-18-20-22-24-26-28-29-30-31-32-33-35-37-39-41-43-45-47-49-51-53-55-62(65)71-60(59-70-72(66,67)69-57-56-63(3,4)5)58-68-61(64)54-52-50-48-46-44-42-40-38-36-34-27-25-23-21-19-17-15-13-11-9-7-2/h8,10,14,16,19-22,25-28,30-31,36,38,60H,6-7,9,11-13,15,17-18,23-24,29,32-35,37,39-59H2,1-5H3/b10-8-,16-14-,21-19-,22-20-,27-25-,28-26-,31-30-,38-36-. The third-order valence-corrected chi connectivity index (χ3v) is 13.1. The number of phosphoric acid groups is 1. The molecule has 0 aliphatic carbocycles. The summed E-state index contributed by atoms with van der Waals surface area (Å²) in [6.07, 6.45) is 71.6. The smallest absolute Gasteiger partial charge is 0.306 e. The van der Waals surface area contributed by atoms with Crippen LogP contribution in [0.3, 0.4) is 0 Å². The first-order valence-electron chi connectivity index (χ1n) is 28.9. The minimum Gasteiger partial charge on any atom is -0.756 e. The largest absolute Gasteiger partial charge is 0.756 e. The third kappa shape index (κ3) is 56.2. The Kier molecular flexibility index (Phi) is 50.5. The SMILES string of the molecule is CC/C=C\C/C=C\C/C=C\C/C=C\C/C=C\CCCCCCCCCCCCCC(=O)OC(COC(=O)CCCCCCCC/C=C\C/C=C\C/C=C\CCCCCCC)COP(=O)([O-])OCC[N+](C)(C)C. The summed E-state index contributed by atoms with van der Waals surface area (Å²) in [5.41, 5.74) is 0. The highest BCUT2D eigenvalue weighted by molar-refractivity contribution is 7.45. The summed E-state index contributed by atoms with van der Waals surface area (Å²) in [7, 11) is 1.15. The van der Waals surface area contributed by atoms with Gasteiger partial charge in [0.2, 0.25) is 0 Å². The lowest BCUT2D eigenvalue weighted by Crippen LogP contribution is -2.37. The van der Waals surface area contributed by atoms with E-state index < -0.39 is 32.5 Å². The molecule has 414 valence electrons. The van der Waals surface area contributed by atoms with Gasteiger partial charge in [0, 0.05) is 12.8 Å². The van der Waals surface area contributed by atoms with E-state index >= 15 is 0 Å². The summed E-state index contributed by atoms with van der Waals surface area (Å²) in [4.78, 5) is 37.9.